The molecule has 9 nitrogen and oxygen atoms in total. The van der Waals surface area contributed by atoms with E-state index in [9.17, 15) is 4.79 Å². The summed E-state index contributed by atoms with van der Waals surface area (Å²) >= 11 is 0. The minimum atomic E-state index is -0.587. The Hall–Kier alpha value is -2.49. The molecular weight excluding hydrogens is 348 g/mol. The second-order valence-corrected chi connectivity index (χ2v) is 6.59. The number of aromatic nitrogens is 3. The lowest BCUT2D eigenvalue weighted by Crippen LogP contribution is -2.43. The van der Waals surface area contributed by atoms with E-state index in [1.165, 1.54) is 6.42 Å². The van der Waals surface area contributed by atoms with Crippen molar-refractivity contribution in [2.75, 3.05) is 45.3 Å². The van der Waals surface area contributed by atoms with Crippen LogP contribution in [0.2, 0.25) is 0 Å². The largest absolute Gasteiger partial charge is 0.383 e. The van der Waals surface area contributed by atoms with Gasteiger partial charge in [-0.15, -0.1) is 0 Å². The van der Waals surface area contributed by atoms with Crippen molar-refractivity contribution < 1.29 is 14.3 Å². The number of nitrogen functional groups attached to an aromatic ring is 1. The summed E-state index contributed by atoms with van der Waals surface area (Å²) in [5.74, 6) is -0.448. The van der Waals surface area contributed by atoms with Crippen molar-refractivity contribution in [3.63, 3.8) is 0 Å². The van der Waals surface area contributed by atoms with Gasteiger partial charge in [0.1, 0.15) is 5.82 Å². The molecule has 0 radical (unpaired) electrons. The number of ether oxygens (including phenoxy) is 2. The highest BCUT2D eigenvalue weighted by Gasteiger charge is 2.24. The summed E-state index contributed by atoms with van der Waals surface area (Å²) < 4.78 is 12.3. The molecule has 27 heavy (non-hydrogen) atoms. The molecule has 0 bridgehead atoms. The standard InChI is InChI=1S/C10H11N5O.C8H15NO2/c1-15-5-7(4-14-15)6-2-8(10(12)16)9(11)13-3-6;1-4-11-7-8(1)9-2-5-10-6-3-9/h2-5H,1H3,(H2,11,13)(H2,12,16);8H,1-7H2. The van der Waals surface area contributed by atoms with E-state index in [-0.39, 0.29) is 11.4 Å². The summed E-state index contributed by atoms with van der Waals surface area (Å²) in [7, 11) is 1.81. The van der Waals surface area contributed by atoms with Crippen LogP contribution in [-0.2, 0) is 16.5 Å². The van der Waals surface area contributed by atoms with Crippen molar-refractivity contribution in [1.29, 1.82) is 0 Å². The fraction of sp³-hybridized carbons (Fsp3) is 0.500. The number of primary amides is 1. The molecule has 2 saturated heterocycles. The molecule has 9 heteroatoms. The topological polar surface area (TPSA) is 122 Å². The first kappa shape index (κ1) is 19.3. The molecule has 0 aromatic carbocycles. The number of hydrogen-bond acceptors (Lipinski definition) is 7. The molecule has 0 saturated carbocycles. The van der Waals surface area contributed by atoms with E-state index < -0.39 is 5.91 Å². The number of rotatable bonds is 3. The molecule has 0 aliphatic carbocycles. The lowest BCUT2D eigenvalue weighted by Gasteiger charge is -2.30. The molecule has 4 rings (SSSR count). The van der Waals surface area contributed by atoms with Crippen LogP contribution < -0.4 is 11.5 Å². The lowest BCUT2D eigenvalue weighted by atomic mass is 10.1. The second-order valence-electron chi connectivity index (χ2n) is 6.59. The molecule has 2 fully saturated rings. The summed E-state index contributed by atoms with van der Waals surface area (Å²) in [5.41, 5.74) is 12.6. The number of anilines is 1. The molecule has 2 aromatic heterocycles. The SMILES string of the molecule is C1CN(C2CCOC2)CCO1.Cn1cc(-c2cnc(N)c(C(N)=O)c2)cn1. The quantitative estimate of drug-likeness (QED) is 0.791. The Bertz CT molecular complexity index is 766. The number of nitrogens with two attached hydrogens (primary N) is 2. The summed E-state index contributed by atoms with van der Waals surface area (Å²) in [4.78, 5) is 17.5. The van der Waals surface area contributed by atoms with Crippen molar-refractivity contribution in [2.24, 2.45) is 12.8 Å². The number of carbonyl (C=O) groups excluding carboxylic acids is 1. The number of hydrogen-bond donors (Lipinski definition) is 2. The van der Waals surface area contributed by atoms with Gasteiger partial charge in [-0.3, -0.25) is 14.4 Å². The van der Waals surface area contributed by atoms with Crippen molar-refractivity contribution in [3.05, 3.63) is 30.2 Å². The lowest BCUT2D eigenvalue weighted by molar-refractivity contribution is 0.0142. The van der Waals surface area contributed by atoms with Gasteiger partial charge < -0.3 is 20.9 Å². The molecule has 146 valence electrons. The number of pyridine rings is 1. The van der Waals surface area contributed by atoms with E-state index in [0.29, 0.717) is 6.04 Å². The Morgan fingerprint density at radius 3 is 2.56 bits per heavy atom. The van der Waals surface area contributed by atoms with Gasteiger partial charge in [-0.1, -0.05) is 0 Å². The third-order valence-electron chi connectivity index (χ3n) is 4.69. The third kappa shape index (κ3) is 5.03. The summed E-state index contributed by atoms with van der Waals surface area (Å²) in [6.07, 6.45) is 6.29. The first-order valence-corrected chi connectivity index (χ1v) is 8.98. The van der Waals surface area contributed by atoms with Crippen LogP contribution in [-0.4, -0.2) is 71.1 Å². The molecule has 4 N–H and O–H groups in total. The average Bonchev–Trinajstić information content (AvgIpc) is 3.35. The van der Waals surface area contributed by atoms with E-state index in [2.05, 4.69) is 15.0 Å². The number of nitrogens with zero attached hydrogens (tertiary/aromatic N) is 4. The summed E-state index contributed by atoms with van der Waals surface area (Å²) in [5, 5.41) is 4.03. The summed E-state index contributed by atoms with van der Waals surface area (Å²) in [6, 6.07) is 2.29. The first-order chi connectivity index (χ1) is 13.0. The van der Waals surface area contributed by atoms with Gasteiger partial charge in [-0.2, -0.15) is 5.10 Å². The number of aryl methyl sites for hydroxylation is 1. The van der Waals surface area contributed by atoms with Crippen LogP contribution >= 0.6 is 0 Å². The van der Waals surface area contributed by atoms with Crippen LogP contribution in [0.4, 0.5) is 5.82 Å². The highest BCUT2D eigenvalue weighted by Crippen LogP contribution is 2.20. The van der Waals surface area contributed by atoms with Crippen molar-refractivity contribution in [2.45, 2.75) is 12.5 Å². The van der Waals surface area contributed by atoms with Gasteiger partial charge in [0.2, 0.25) is 0 Å². The second kappa shape index (κ2) is 8.94. The average molecular weight is 374 g/mol. The van der Waals surface area contributed by atoms with Crippen molar-refractivity contribution >= 4 is 11.7 Å². The van der Waals surface area contributed by atoms with Gasteiger partial charge in [-0.05, 0) is 12.5 Å². The Morgan fingerprint density at radius 2 is 1.96 bits per heavy atom. The summed E-state index contributed by atoms with van der Waals surface area (Å²) in [6.45, 7) is 5.86. The third-order valence-corrected chi connectivity index (χ3v) is 4.69. The molecule has 1 atom stereocenters. The normalized spacial score (nSPS) is 20.1. The predicted molar refractivity (Wildman–Crippen MR) is 101 cm³/mol. The molecular formula is C18H26N6O3. The monoisotopic (exact) mass is 374 g/mol. The molecule has 0 spiro atoms. The van der Waals surface area contributed by atoms with Gasteiger partial charge in [-0.25, -0.2) is 4.98 Å². The fourth-order valence-electron chi connectivity index (χ4n) is 3.15. The van der Waals surface area contributed by atoms with Crippen LogP contribution in [0, 0.1) is 0 Å². The van der Waals surface area contributed by atoms with Gasteiger partial charge in [0.15, 0.2) is 0 Å². The van der Waals surface area contributed by atoms with Crippen LogP contribution in [0.25, 0.3) is 11.1 Å². The van der Waals surface area contributed by atoms with Crippen LogP contribution in [0.1, 0.15) is 16.8 Å². The molecule has 4 heterocycles. The molecule has 2 aliphatic rings. The maximum Gasteiger partial charge on any atom is 0.252 e. The van der Waals surface area contributed by atoms with Gasteiger partial charge in [0.05, 0.1) is 31.6 Å². The van der Waals surface area contributed by atoms with E-state index in [4.69, 9.17) is 20.9 Å². The highest BCUT2D eigenvalue weighted by molar-refractivity contribution is 5.98. The molecule has 2 aliphatic heterocycles. The van der Waals surface area contributed by atoms with Gasteiger partial charge >= 0.3 is 0 Å². The van der Waals surface area contributed by atoms with Crippen molar-refractivity contribution in [3.8, 4) is 11.1 Å². The molecule has 1 amide bonds. The van der Waals surface area contributed by atoms with E-state index >= 15 is 0 Å². The minimum Gasteiger partial charge on any atom is -0.383 e. The molecule has 2 aromatic rings. The van der Waals surface area contributed by atoms with Gasteiger partial charge in [0.25, 0.3) is 5.91 Å². The maximum absolute atomic E-state index is 11.1. The number of morpholine rings is 1. The number of carbonyl (C=O) groups is 1. The minimum absolute atomic E-state index is 0.139. The van der Waals surface area contributed by atoms with E-state index in [1.54, 1.807) is 23.1 Å². The first-order valence-electron chi connectivity index (χ1n) is 8.98. The zero-order chi connectivity index (χ0) is 19.2. The van der Waals surface area contributed by atoms with E-state index in [1.807, 2.05) is 13.2 Å². The Balaban J connectivity index is 0.000000166. The van der Waals surface area contributed by atoms with Crippen LogP contribution in [0.5, 0.6) is 0 Å². The van der Waals surface area contributed by atoms with Crippen LogP contribution in [0.3, 0.4) is 0 Å². The van der Waals surface area contributed by atoms with Crippen molar-refractivity contribution in [1.82, 2.24) is 19.7 Å². The number of amides is 1. The smallest absolute Gasteiger partial charge is 0.252 e. The highest BCUT2D eigenvalue weighted by atomic mass is 16.5. The maximum atomic E-state index is 11.1. The Kier molecular flexibility index (Phi) is 6.38. The zero-order valence-corrected chi connectivity index (χ0v) is 15.5. The Morgan fingerprint density at radius 1 is 1.19 bits per heavy atom. The molecule has 1 unspecified atom stereocenters. The van der Waals surface area contributed by atoms with Gasteiger partial charge in [0, 0.05) is 56.3 Å². The van der Waals surface area contributed by atoms with Crippen LogP contribution in [0.15, 0.2) is 24.7 Å². The fourth-order valence-corrected chi connectivity index (χ4v) is 3.15. The van der Waals surface area contributed by atoms with E-state index in [0.717, 1.165) is 50.6 Å². The Labute approximate surface area is 158 Å². The predicted octanol–water partition coefficient (Wildman–Crippen LogP) is 0.271. The zero-order valence-electron chi connectivity index (χ0n) is 15.5.